The molecule has 110 valence electrons. The maximum atomic E-state index is 12.5. The Balaban J connectivity index is 1.82. The lowest BCUT2D eigenvalue weighted by Crippen LogP contribution is -2.41. The van der Waals surface area contributed by atoms with E-state index in [0.717, 1.165) is 23.6 Å². The molecule has 4 heteroatoms. The van der Waals surface area contributed by atoms with Gasteiger partial charge in [0.2, 0.25) is 0 Å². The second-order valence-electron chi connectivity index (χ2n) is 5.66. The van der Waals surface area contributed by atoms with E-state index in [2.05, 4.69) is 5.32 Å². The number of benzene rings is 2. The van der Waals surface area contributed by atoms with Gasteiger partial charge < -0.3 is 15.8 Å². The Hall–Kier alpha value is -2.07. The number of carbonyl (C=O) groups is 1. The second-order valence-corrected chi connectivity index (χ2v) is 5.66. The summed E-state index contributed by atoms with van der Waals surface area (Å²) in [6.07, 6.45) is 1.89. The van der Waals surface area contributed by atoms with Crippen LogP contribution in [0.5, 0.6) is 0 Å². The van der Waals surface area contributed by atoms with Crippen molar-refractivity contribution in [1.29, 1.82) is 0 Å². The predicted molar refractivity (Wildman–Crippen MR) is 84.3 cm³/mol. The Morgan fingerprint density at radius 2 is 2.00 bits per heavy atom. The van der Waals surface area contributed by atoms with Crippen molar-refractivity contribution in [3.05, 3.63) is 42.0 Å². The molecule has 3 rings (SSSR count). The number of nitrogen functional groups attached to an aromatic ring is 1. The van der Waals surface area contributed by atoms with Gasteiger partial charge in [-0.3, -0.25) is 4.79 Å². The number of hydrogen-bond acceptors (Lipinski definition) is 3. The molecule has 0 aromatic heterocycles. The smallest absolute Gasteiger partial charge is 0.253 e. The predicted octanol–water partition coefficient (Wildman–Crippen LogP) is 2.72. The summed E-state index contributed by atoms with van der Waals surface area (Å²) in [4.78, 5) is 12.5. The van der Waals surface area contributed by atoms with Gasteiger partial charge in [-0.1, -0.05) is 24.3 Å². The Bertz CT molecular complexity index is 669. The molecule has 0 saturated carbocycles. The fourth-order valence-electron chi connectivity index (χ4n) is 2.85. The maximum absolute atomic E-state index is 12.5. The van der Waals surface area contributed by atoms with Gasteiger partial charge in [0.05, 0.1) is 11.7 Å². The molecular formula is C17H20N2O2. The van der Waals surface area contributed by atoms with Crippen LogP contribution in [0, 0.1) is 0 Å². The van der Waals surface area contributed by atoms with Crippen LogP contribution in [0.4, 0.5) is 5.69 Å². The van der Waals surface area contributed by atoms with E-state index in [-0.39, 0.29) is 18.1 Å². The molecule has 1 aliphatic heterocycles. The number of nitrogens with two attached hydrogens (primary N) is 1. The average Bonchev–Trinajstić information content (AvgIpc) is 2.46. The molecule has 1 saturated heterocycles. The van der Waals surface area contributed by atoms with Crippen molar-refractivity contribution in [3.8, 4) is 0 Å². The fraction of sp³-hybridized carbons (Fsp3) is 0.353. The van der Waals surface area contributed by atoms with Crippen molar-refractivity contribution in [2.45, 2.75) is 31.9 Å². The molecule has 21 heavy (non-hydrogen) atoms. The van der Waals surface area contributed by atoms with E-state index in [1.807, 2.05) is 43.3 Å². The molecule has 0 spiro atoms. The standard InChI is InChI=1S/C17H20N2O2/c1-11-8-14(6-7-21-11)19-17(20)15-9-12-4-2-3-5-13(12)10-16(15)18/h2-5,9-11,14H,6-8,18H2,1H3,(H,19,20). The summed E-state index contributed by atoms with van der Waals surface area (Å²) < 4.78 is 5.50. The minimum atomic E-state index is -0.0997. The zero-order valence-corrected chi connectivity index (χ0v) is 12.1. The van der Waals surface area contributed by atoms with Gasteiger partial charge in [-0.2, -0.15) is 0 Å². The van der Waals surface area contributed by atoms with Crippen LogP contribution in [0.25, 0.3) is 10.8 Å². The monoisotopic (exact) mass is 284 g/mol. The highest BCUT2D eigenvalue weighted by atomic mass is 16.5. The minimum Gasteiger partial charge on any atom is -0.398 e. The number of nitrogens with one attached hydrogen (secondary N) is 1. The molecule has 2 atom stereocenters. The zero-order valence-electron chi connectivity index (χ0n) is 12.1. The molecular weight excluding hydrogens is 264 g/mol. The molecule has 1 fully saturated rings. The van der Waals surface area contributed by atoms with Crippen LogP contribution >= 0.6 is 0 Å². The van der Waals surface area contributed by atoms with Crippen LogP contribution in [0.15, 0.2) is 36.4 Å². The molecule has 0 radical (unpaired) electrons. The third kappa shape index (κ3) is 3.00. The molecule has 2 aromatic rings. The van der Waals surface area contributed by atoms with Gasteiger partial charge in [0.25, 0.3) is 5.91 Å². The number of amides is 1. The molecule has 2 unspecified atom stereocenters. The largest absolute Gasteiger partial charge is 0.398 e. The van der Waals surface area contributed by atoms with Gasteiger partial charge in [0.15, 0.2) is 0 Å². The van der Waals surface area contributed by atoms with Crippen molar-refractivity contribution in [1.82, 2.24) is 5.32 Å². The first-order valence-corrected chi connectivity index (χ1v) is 7.34. The summed E-state index contributed by atoms with van der Waals surface area (Å²) >= 11 is 0. The number of anilines is 1. The average molecular weight is 284 g/mol. The van der Waals surface area contributed by atoms with Crippen LogP contribution < -0.4 is 11.1 Å². The minimum absolute atomic E-state index is 0.0997. The summed E-state index contributed by atoms with van der Waals surface area (Å²) in [6.45, 7) is 2.72. The highest BCUT2D eigenvalue weighted by Gasteiger charge is 2.22. The first-order valence-electron chi connectivity index (χ1n) is 7.34. The lowest BCUT2D eigenvalue weighted by atomic mass is 10.0. The Morgan fingerprint density at radius 3 is 2.71 bits per heavy atom. The third-order valence-electron chi connectivity index (χ3n) is 3.98. The van der Waals surface area contributed by atoms with Gasteiger partial charge in [-0.05, 0) is 42.7 Å². The molecule has 3 N–H and O–H groups in total. The zero-order chi connectivity index (χ0) is 14.8. The molecule has 2 aromatic carbocycles. The van der Waals surface area contributed by atoms with E-state index in [9.17, 15) is 4.79 Å². The normalized spacial score (nSPS) is 22.1. The van der Waals surface area contributed by atoms with E-state index in [0.29, 0.717) is 17.9 Å². The number of rotatable bonds is 2. The maximum Gasteiger partial charge on any atom is 0.253 e. The van der Waals surface area contributed by atoms with Gasteiger partial charge in [-0.15, -0.1) is 0 Å². The van der Waals surface area contributed by atoms with Crippen molar-refractivity contribution in [3.63, 3.8) is 0 Å². The van der Waals surface area contributed by atoms with Gasteiger partial charge in [-0.25, -0.2) is 0 Å². The third-order valence-corrected chi connectivity index (χ3v) is 3.98. The van der Waals surface area contributed by atoms with Gasteiger partial charge >= 0.3 is 0 Å². The summed E-state index contributed by atoms with van der Waals surface area (Å²) in [7, 11) is 0. The van der Waals surface area contributed by atoms with Crippen molar-refractivity contribution >= 4 is 22.4 Å². The van der Waals surface area contributed by atoms with Gasteiger partial charge in [0.1, 0.15) is 0 Å². The van der Waals surface area contributed by atoms with Crippen molar-refractivity contribution < 1.29 is 9.53 Å². The van der Waals surface area contributed by atoms with Crippen molar-refractivity contribution in [2.24, 2.45) is 0 Å². The quantitative estimate of drug-likeness (QED) is 0.833. The molecule has 0 bridgehead atoms. The number of ether oxygens (including phenoxy) is 1. The van der Waals surface area contributed by atoms with Crippen LogP contribution in [0.1, 0.15) is 30.1 Å². The first kappa shape index (κ1) is 13.9. The highest BCUT2D eigenvalue weighted by Crippen LogP contribution is 2.22. The first-order chi connectivity index (χ1) is 10.1. The van der Waals surface area contributed by atoms with Crippen LogP contribution in [0.2, 0.25) is 0 Å². The lowest BCUT2D eigenvalue weighted by molar-refractivity contribution is 0.0137. The number of carbonyl (C=O) groups excluding carboxylic acids is 1. The fourth-order valence-corrected chi connectivity index (χ4v) is 2.85. The summed E-state index contributed by atoms with van der Waals surface area (Å²) in [5.41, 5.74) is 7.10. The van der Waals surface area contributed by atoms with E-state index in [4.69, 9.17) is 10.5 Å². The number of fused-ring (bicyclic) bond motifs is 1. The summed E-state index contributed by atoms with van der Waals surface area (Å²) in [5, 5.41) is 5.14. The molecule has 4 nitrogen and oxygen atoms in total. The van der Waals surface area contributed by atoms with E-state index >= 15 is 0 Å². The van der Waals surface area contributed by atoms with Crippen LogP contribution in [0.3, 0.4) is 0 Å². The Labute approximate surface area is 124 Å². The second kappa shape index (κ2) is 5.74. The highest BCUT2D eigenvalue weighted by molar-refractivity contribution is 6.04. The van der Waals surface area contributed by atoms with Crippen LogP contribution in [-0.4, -0.2) is 24.7 Å². The van der Waals surface area contributed by atoms with E-state index in [1.165, 1.54) is 0 Å². The molecule has 1 amide bonds. The van der Waals surface area contributed by atoms with E-state index in [1.54, 1.807) is 0 Å². The SMILES string of the molecule is CC1CC(NC(=O)c2cc3ccccc3cc2N)CCO1. The van der Waals surface area contributed by atoms with Crippen LogP contribution in [-0.2, 0) is 4.74 Å². The molecule has 1 heterocycles. The Morgan fingerprint density at radius 1 is 1.29 bits per heavy atom. The Kier molecular flexibility index (Phi) is 3.80. The molecule has 1 aliphatic rings. The van der Waals surface area contributed by atoms with E-state index < -0.39 is 0 Å². The topological polar surface area (TPSA) is 64.4 Å². The summed E-state index contributed by atoms with van der Waals surface area (Å²) in [6, 6.07) is 11.8. The van der Waals surface area contributed by atoms with Crippen molar-refractivity contribution in [2.75, 3.05) is 12.3 Å². The summed E-state index contributed by atoms with van der Waals surface area (Å²) in [5.74, 6) is -0.0997. The molecule has 0 aliphatic carbocycles. The number of hydrogen-bond donors (Lipinski definition) is 2. The van der Waals surface area contributed by atoms with Gasteiger partial charge in [0, 0.05) is 18.3 Å². The lowest BCUT2D eigenvalue weighted by Gasteiger charge is -2.28.